The Bertz CT molecular complexity index is 976. The van der Waals surface area contributed by atoms with E-state index in [1.54, 1.807) is 31.2 Å². The number of aryl methyl sites for hydroxylation is 2. The molecule has 0 fully saturated rings. The van der Waals surface area contributed by atoms with E-state index in [9.17, 15) is 9.18 Å². The Labute approximate surface area is 161 Å². The largest absolute Gasteiger partial charge is 0.347 e. The van der Waals surface area contributed by atoms with E-state index in [4.69, 9.17) is 11.6 Å². The van der Waals surface area contributed by atoms with Crippen molar-refractivity contribution >= 4 is 29.1 Å². The number of nitrogens with one attached hydrogen (secondary N) is 2. The average molecular weight is 385 g/mol. The van der Waals surface area contributed by atoms with Crippen molar-refractivity contribution in [3.63, 3.8) is 0 Å². The van der Waals surface area contributed by atoms with Crippen molar-refractivity contribution in [3.05, 3.63) is 81.9 Å². The summed E-state index contributed by atoms with van der Waals surface area (Å²) in [5, 5.41) is 6.46. The predicted octanol–water partition coefficient (Wildman–Crippen LogP) is 4.56. The molecule has 0 saturated heterocycles. The Balaban J connectivity index is 1.72. The van der Waals surface area contributed by atoms with Gasteiger partial charge in [0.25, 0.3) is 5.91 Å². The molecule has 0 atom stereocenters. The summed E-state index contributed by atoms with van der Waals surface area (Å²) in [6, 6.07) is 13.1. The highest BCUT2D eigenvalue weighted by molar-refractivity contribution is 6.31. The minimum Gasteiger partial charge on any atom is -0.347 e. The number of anilines is 2. The standard InChI is InChI=1S/C20H18ClFN4O/c1-12-3-8-16(10-17(12)21)25-20-24-13(2)9-18(26-20)19(27)23-11-14-4-6-15(22)7-5-14/h3-10H,11H2,1-2H3,(H,23,27)(H,24,25,26). The lowest BCUT2D eigenvalue weighted by Crippen LogP contribution is -2.24. The summed E-state index contributed by atoms with van der Waals surface area (Å²) in [7, 11) is 0. The van der Waals surface area contributed by atoms with E-state index >= 15 is 0 Å². The first-order chi connectivity index (χ1) is 12.9. The molecule has 2 aromatic carbocycles. The van der Waals surface area contributed by atoms with E-state index < -0.39 is 0 Å². The number of hydrogen-bond acceptors (Lipinski definition) is 4. The molecule has 0 spiro atoms. The summed E-state index contributed by atoms with van der Waals surface area (Å²) in [6.07, 6.45) is 0. The Kier molecular flexibility index (Phi) is 5.66. The number of carbonyl (C=O) groups excluding carboxylic acids is 1. The summed E-state index contributed by atoms with van der Waals surface area (Å²) in [4.78, 5) is 21.0. The molecular formula is C20H18ClFN4O. The molecule has 1 amide bonds. The highest BCUT2D eigenvalue weighted by Crippen LogP contribution is 2.22. The minimum atomic E-state index is -0.338. The first kappa shape index (κ1) is 18.8. The second kappa shape index (κ2) is 8.14. The molecule has 3 aromatic rings. The van der Waals surface area contributed by atoms with Crippen LogP contribution in [0.4, 0.5) is 16.0 Å². The van der Waals surface area contributed by atoms with E-state index in [1.165, 1.54) is 12.1 Å². The van der Waals surface area contributed by atoms with Crippen LogP contribution in [0.1, 0.15) is 27.3 Å². The van der Waals surface area contributed by atoms with E-state index in [0.29, 0.717) is 16.7 Å². The predicted molar refractivity (Wildman–Crippen MR) is 104 cm³/mol. The van der Waals surface area contributed by atoms with Gasteiger partial charge >= 0.3 is 0 Å². The summed E-state index contributed by atoms with van der Waals surface area (Å²) >= 11 is 6.13. The SMILES string of the molecule is Cc1cc(C(=O)NCc2ccc(F)cc2)nc(Nc2ccc(C)c(Cl)c2)n1. The fourth-order valence-electron chi connectivity index (χ4n) is 2.42. The monoisotopic (exact) mass is 384 g/mol. The van der Waals surface area contributed by atoms with Gasteiger partial charge < -0.3 is 10.6 Å². The van der Waals surface area contributed by atoms with Gasteiger partial charge in [0.1, 0.15) is 11.5 Å². The van der Waals surface area contributed by atoms with Crippen molar-refractivity contribution in [2.75, 3.05) is 5.32 Å². The van der Waals surface area contributed by atoms with Gasteiger partial charge in [-0.2, -0.15) is 0 Å². The summed E-state index contributed by atoms with van der Waals surface area (Å²) in [5.74, 6) is -0.347. The first-order valence-corrected chi connectivity index (χ1v) is 8.70. The van der Waals surface area contributed by atoms with Gasteiger partial charge in [0.15, 0.2) is 0 Å². The molecule has 0 saturated carbocycles. The van der Waals surface area contributed by atoms with Gasteiger partial charge in [-0.1, -0.05) is 29.8 Å². The average Bonchev–Trinajstić information content (AvgIpc) is 2.63. The van der Waals surface area contributed by atoms with Crippen molar-refractivity contribution in [2.24, 2.45) is 0 Å². The Morgan fingerprint density at radius 2 is 1.81 bits per heavy atom. The third-order valence-electron chi connectivity index (χ3n) is 3.88. The van der Waals surface area contributed by atoms with Crippen molar-refractivity contribution in [1.29, 1.82) is 0 Å². The molecule has 138 valence electrons. The van der Waals surface area contributed by atoms with E-state index in [-0.39, 0.29) is 24.0 Å². The van der Waals surface area contributed by atoms with Crippen LogP contribution < -0.4 is 10.6 Å². The fraction of sp³-hybridized carbons (Fsp3) is 0.150. The van der Waals surface area contributed by atoms with E-state index in [2.05, 4.69) is 20.6 Å². The zero-order chi connectivity index (χ0) is 19.4. The minimum absolute atomic E-state index is 0.241. The topological polar surface area (TPSA) is 66.9 Å². The van der Waals surface area contributed by atoms with Crippen LogP contribution >= 0.6 is 11.6 Å². The number of benzene rings is 2. The number of hydrogen-bond donors (Lipinski definition) is 2. The first-order valence-electron chi connectivity index (χ1n) is 8.32. The van der Waals surface area contributed by atoms with Crippen LogP contribution in [0.25, 0.3) is 0 Å². The van der Waals surface area contributed by atoms with E-state index in [1.807, 2.05) is 19.1 Å². The summed E-state index contributed by atoms with van der Waals surface area (Å²) < 4.78 is 12.9. The summed E-state index contributed by atoms with van der Waals surface area (Å²) in [6.45, 7) is 3.98. The van der Waals surface area contributed by atoms with Crippen molar-refractivity contribution in [2.45, 2.75) is 20.4 Å². The van der Waals surface area contributed by atoms with Crippen molar-refractivity contribution in [1.82, 2.24) is 15.3 Å². The molecule has 0 bridgehead atoms. The molecule has 0 radical (unpaired) electrons. The molecule has 5 nitrogen and oxygen atoms in total. The molecule has 0 aliphatic carbocycles. The second-order valence-electron chi connectivity index (χ2n) is 6.12. The van der Waals surface area contributed by atoms with Crippen LogP contribution in [0.15, 0.2) is 48.5 Å². The second-order valence-corrected chi connectivity index (χ2v) is 6.52. The van der Waals surface area contributed by atoms with Crippen molar-refractivity contribution in [3.8, 4) is 0 Å². The number of nitrogens with zero attached hydrogens (tertiary/aromatic N) is 2. The number of carbonyl (C=O) groups is 1. The Hall–Kier alpha value is -2.99. The number of halogens is 2. The molecule has 3 rings (SSSR count). The normalized spacial score (nSPS) is 10.5. The molecule has 2 N–H and O–H groups in total. The molecule has 0 aliphatic rings. The lowest BCUT2D eigenvalue weighted by molar-refractivity contribution is 0.0945. The maximum atomic E-state index is 12.9. The Morgan fingerprint density at radius 1 is 1.07 bits per heavy atom. The maximum absolute atomic E-state index is 12.9. The lowest BCUT2D eigenvalue weighted by atomic mass is 10.2. The van der Waals surface area contributed by atoms with Crippen LogP contribution in [-0.4, -0.2) is 15.9 Å². The van der Waals surface area contributed by atoms with Gasteiger partial charge in [0, 0.05) is 22.9 Å². The van der Waals surface area contributed by atoms with Gasteiger partial charge in [-0.3, -0.25) is 4.79 Å². The molecule has 7 heteroatoms. The zero-order valence-electron chi connectivity index (χ0n) is 14.9. The van der Waals surface area contributed by atoms with Crippen LogP contribution in [0.2, 0.25) is 5.02 Å². The van der Waals surface area contributed by atoms with Crippen LogP contribution in [0.3, 0.4) is 0 Å². The van der Waals surface area contributed by atoms with Gasteiger partial charge in [0.05, 0.1) is 0 Å². The molecule has 0 unspecified atom stereocenters. The summed E-state index contributed by atoms with van der Waals surface area (Å²) in [5.41, 5.74) is 3.38. The Morgan fingerprint density at radius 3 is 2.52 bits per heavy atom. The van der Waals surface area contributed by atoms with Gasteiger partial charge in [-0.25, -0.2) is 14.4 Å². The third-order valence-corrected chi connectivity index (χ3v) is 4.29. The fourth-order valence-corrected chi connectivity index (χ4v) is 2.60. The van der Waals surface area contributed by atoms with Crippen LogP contribution in [-0.2, 0) is 6.54 Å². The van der Waals surface area contributed by atoms with Gasteiger partial charge in [-0.15, -0.1) is 0 Å². The van der Waals surface area contributed by atoms with E-state index in [0.717, 1.165) is 16.8 Å². The lowest BCUT2D eigenvalue weighted by Gasteiger charge is -2.10. The number of amides is 1. The maximum Gasteiger partial charge on any atom is 0.270 e. The molecule has 0 aliphatic heterocycles. The third kappa shape index (κ3) is 5.01. The van der Waals surface area contributed by atoms with Crippen LogP contribution in [0, 0.1) is 19.7 Å². The van der Waals surface area contributed by atoms with Gasteiger partial charge in [0.2, 0.25) is 5.95 Å². The number of aromatic nitrogens is 2. The molecule has 27 heavy (non-hydrogen) atoms. The molecule has 1 aromatic heterocycles. The van der Waals surface area contributed by atoms with Crippen molar-refractivity contribution < 1.29 is 9.18 Å². The highest BCUT2D eigenvalue weighted by Gasteiger charge is 2.11. The number of rotatable bonds is 5. The molecular weight excluding hydrogens is 367 g/mol. The zero-order valence-corrected chi connectivity index (χ0v) is 15.6. The highest BCUT2D eigenvalue weighted by atomic mass is 35.5. The van der Waals surface area contributed by atoms with Crippen LogP contribution in [0.5, 0.6) is 0 Å². The quantitative estimate of drug-likeness (QED) is 0.676. The molecule has 1 heterocycles. The van der Waals surface area contributed by atoms with Gasteiger partial charge in [-0.05, 0) is 55.3 Å². The smallest absolute Gasteiger partial charge is 0.270 e.